The Hall–Kier alpha value is -2.60. The van der Waals surface area contributed by atoms with E-state index >= 15 is 0 Å². The molecule has 3 nitrogen and oxygen atoms in total. The monoisotopic (exact) mass is 427 g/mol. The predicted molar refractivity (Wildman–Crippen MR) is 117 cm³/mol. The van der Waals surface area contributed by atoms with Crippen LogP contribution < -0.4 is 4.74 Å². The third-order valence-corrected chi connectivity index (χ3v) is 6.65. The van der Waals surface area contributed by atoms with E-state index in [1.54, 1.807) is 16.7 Å². The number of carbonyl (C=O) groups excluding carboxylic acids is 1. The van der Waals surface area contributed by atoms with Crippen LogP contribution in [0.15, 0.2) is 54.6 Å². The van der Waals surface area contributed by atoms with E-state index in [9.17, 15) is 13.6 Å². The van der Waals surface area contributed by atoms with Crippen LogP contribution in [0.5, 0.6) is 5.75 Å². The predicted octanol–water partition coefficient (Wildman–Crippen LogP) is 5.84. The lowest BCUT2D eigenvalue weighted by Gasteiger charge is -2.23. The summed E-state index contributed by atoms with van der Waals surface area (Å²) in [5, 5.41) is 1.66. The molecular formula is C24H23F2NO2S. The minimum absolute atomic E-state index is 0.0868. The van der Waals surface area contributed by atoms with Gasteiger partial charge in [-0.1, -0.05) is 30.3 Å². The third-order valence-electron chi connectivity index (χ3n) is 5.34. The van der Waals surface area contributed by atoms with Crippen molar-refractivity contribution < 1.29 is 18.3 Å². The van der Waals surface area contributed by atoms with Crippen molar-refractivity contribution in [2.45, 2.75) is 18.6 Å². The fraction of sp³-hybridized carbons (Fsp3) is 0.292. The van der Waals surface area contributed by atoms with Crippen molar-refractivity contribution in [3.05, 3.63) is 77.4 Å². The number of fused-ring (bicyclic) bond motifs is 1. The molecule has 0 saturated carbocycles. The van der Waals surface area contributed by atoms with Crippen LogP contribution in [0, 0.1) is 11.6 Å². The summed E-state index contributed by atoms with van der Waals surface area (Å²) >= 11 is 1.56. The van der Waals surface area contributed by atoms with E-state index in [1.165, 1.54) is 12.1 Å². The number of amides is 1. The van der Waals surface area contributed by atoms with Gasteiger partial charge in [0.2, 0.25) is 0 Å². The van der Waals surface area contributed by atoms with Crippen LogP contribution in [0.1, 0.15) is 34.5 Å². The summed E-state index contributed by atoms with van der Waals surface area (Å²) in [5.41, 5.74) is 0.935. The van der Waals surface area contributed by atoms with Crippen molar-refractivity contribution >= 4 is 28.4 Å². The molecule has 1 atom stereocenters. The largest absolute Gasteiger partial charge is 0.493 e. The molecule has 0 radical (unpaired) electrons. The first kappa shape index (κ1) is 20.7. The van der Waals surface area contributed by atoms with Crippen molar-refractivity contribution in [2.75, 3.05) is 25.4 Å². The molecule has 6 heteroatoms. The quantitative estimate of drug-likeness (QED) is 0.524. The van der Waals surface area contributed by atoms with Gasteiger partial charge < -0.3 is 9.64 Å². The zero-order chi connectivity index (χ0) is 21.1. The minimum Gasteiger partial charge on any atom is -0.493 e. The summed E-state index contributed by atoms with van der Waals surface area (Å²) in [6.45, 7) is 3.38. The molecule has 4 rings (SSSR count). The van der Waals surface area contributed by atoms with E-state index in [-0.39, 0.29) is 11.2 Å². The number of benzene rings is 3. The molecule has 0 spiro atoms. The second kappa shape index (κ2) is 9.04. The van der Waals surface area contributed by atoms with E-state index in [1.807, 2.05) is 43.3 Å². The van der Waals surface area contributed by atoms with Crippen LogP contribution in [0.2, 0.25) is 0 Å². The molecule has 1 aliphatic rings. The van der Waals surface area contributed by atoms with Gasteiger partial charge in [0, 0.05) is 29.7 Å². The van der Waals surface area contributed by atoms with Crippen LogP contribution >= 0.6 is 11.8 Å². The molecule has 0 bridgehead atoms. The molecule has 0 N–H and O–H groups in total. The first-order chi connectivity index (χ1) is 14.6. The highest BCUT2D eigenvalue weighted by Crippen LogP contribution is 2.37. The maximum absolute atomic E-state index is 14.2. The second-order valence-electron chi connectivity index (χ2n) is 7.20. The standard InChI is InChI=1S/C24H23F2NO2S/c1-2-29-21-10-7-16-5-3-4-6-18(16)23(21)24(28)27-12-11-22(30-14-13-27)19-15-17(25)8-9-20(19)26/h3-10,15,22H,2,11-14H2,1H3. The first-order valence-corrected chi connectivity index (χ1v) is 11.1. The molecule has 1 heterocycles. The average Bonchev–Trinajstić information content (AvgIpc) is 3.01. The maximum atomic E-state index is 14.2. The van der Waals surface area contributed by atoms with Gasteiger partial charge in [0.1, 0.15) is 17.4 Å². The van der Waals surface area contributed by atoms with Gasteiger partial charge in [-0.25, -0.2) is 8.78 Å². The molecule has 1 aliphatic heterocycles. The molecule has 1 fully saturated rings. The van der Waals surface area contributed by atoms with Gasteiger partial charge in [-0.2, -0.15) is 11.8 Å². The summed E-state index contributed by atoms with van der Waals surface area (Å²) in [6, 6.07) is 15.1. The Morgan fingerprint density at radius 2 is 1.97 bits per heavy atom. The molecule has 3 aromatic rings. The van der Waals surface area contributed by atoms with Crippen molar-refractivity contribution in [3.63, 3.8) is 0 Å². The number of hydrogen-bond donors (Lipinski definition) is 0. The molecular weight excluding hydrogens is 404 g/mol. The molecule has 0 aromatic heterocycles. The smallest absolute Gasteiger partial charge is 0.258 e. The molecule has 1 unspecified atom stereocenters. The van der Waals surface area contributed by atoms with Crippen LogP contribution in [0.4, 0.5) is 8.78 Å². The summed E-state index contributed by atoms with van der Waals surface area (Å²) in [6.07, 6.45) is 0.561. The normalized spacial score (nSPS) is 17.0. The van der Waals surface area contributed by atoms with Gasteiger partial charge >= 0.3 is 0 Å². The third kappa shape index (κ3) is 4.15. The second-order valence-corrected chi connectivity index (χ2v) is 8.51. The van der Waals surface area contributed by atoms with Gasteiger partial charge in [-0.15, -0.1) is 0 Å². The Morgan fingerprint density at radius 1 is 1.13 bits per heavy atom. The van der Waals surface area contributed by atoms with Gasteiger partial charge in [0.25, 0.3) is 5.91 Å². The molecule has 30 heavy (non-hydrogen) atoms. The van der Waals surface area contributed by atoms with Gasteiger partial charge in [-0.3, -0.25) is 4.79 Å². The van der Waals surface area contributed by atoms with Crippen molar-refractivity contribution in [2.24, 2.45) is 0 Å². The SMILES string of the molecule is CCOc1ccc2ccccc2c1C(=O)N1CCSC(c2cc(F)ccc2F)CC1. The van der Waals surface area contributed by atoms with E-state index in [4.69, 9.17) is 4.74 Å². The van der Waals surface area contributed by atoms with Gasteiger partial charge in [0.15, 0.2) is 0 Å². The van der Waals surface area contributed by atoms with Crippen molar-refractivity contribution in [1.29, 1.82) is 0 Å². The lowest BCUT2D eigenvalue weighted by molar-refractivity contribution is 0.0764. The van der Waals surface area contributed by atoms with E-state index in [0.29, 0.717) is 48.7 Å². The van der Waals surface area contributed by atoms with Crippen LogP contribution in [-0.4, -0.2) is 36.3 Å². The molecule has 1 amide bonds. The number of ether oxygens (including phenoxy) is 1. The fourth-order valence-electron chi connectivity index (χ4n) is 3.89. The summed E-state index contributed by atoms with van der Waals surface area (Å²) in [5.74, 6) is 0.297. The van der Waals surface area contributed by atoms with Gasteiger partial charge in [-0.05, 0) is 48.4 Å². The van der Waals surface area contributed by atoms with Crippen LogP contribution in [0.25, 0.3) is 10.8 Å². The van der Waals surface area contributed by atoms with Crippen LogP contribution in [0.3, 0.4) is 0 Å². The summed E-state index contributed by atoms with van der Waals surface area (Å²) in [7, 11) is 0. The maximum Gasteiger partial charge on any atom is 0.258 e. The average molecular weight is 428 g/mol. The number of thioether (sulfide) groups is 1. The number of rotatable bonds is 4. The van der Waals surface area contributed by atoms with E-state index < -0.39 is 11.6 Å². The van der Waals surface area contributed by atoms with Crippen molar-refractivity contribution in [1.82, 2.24) is 4.90 Å². The zero-order valence-corrected chi connectivity index (χ0v) is 17.6. The van der Waals surface area contributed by atoms with Crippen molar-refractivity contribution in [3.8, 4) is 5.75 Å². The minimum atomic E-state index is -0.443. The molecule has 3 aromatic carbocycles. The lowest BCUT2D eigenvalue weighted by Crippen LogP contribution is -2.33. The highest BCUT2D eigenvalue weighted by molar-refractivity contribution is 7.99. The Bertz CT molecular complexity index is 1070. The molecule has 0 aliphatic carbocycles. The molecule has 156 valence electrons. The van der Waals surface area contributed by atoms with Crippen LogP contribution in [-0.2, 0) is 0 Å². The number of halogens is 2. The Labute approximate surface area is 179 Å². The highest BCUT2D eigenvalue weighted by atomic mass is 32.2. The lowest BCUT2D eigenvalue weighted by atomic mass is 10.0. The summed E-state index contributed by atoms with van der Waals surface area (Å²) in [4.78, 5) is 15.3. The topological polar surface area (TPSA) is 29.5 Å². The van der Waals surface area contributed by atoms with E-state index in [2.05, 4.69) is 0 Å². The van der Waals surface area contributed by atoms with E-state index in [0.717, 1.165) is 16.8 Å². The number of carbonyl (C=O) groups is 1. The Morgan fingerprint density at radius 3 is 2.80 bits per heavy atom. The molecule has 1 saturated heterocycles. The summed E-state index contributed by atoms with van der Waals surface area (Å²) < 4.78 is 33.6. The number of hydrogen-bond acceptors (Lipinski definition) is 3. The Balaban J connectivity index is 1.62. The zero-order valence-electron chi connectivity index (χ0n) is 16.7. The fourth-order valence-corrected chi connectivity index (χ4v) is 5.13. The first-order valence-electron chi connectivity index (χ1n) is 10.1. The highest BCUT2D eigenvalue weighted by Gasteiger charge is 2.27. The van der Waals surface area contributed by atoms with Gasteiger partial charge in [0.05, 0.1) is 12.2 Å². The number of nitrogens with zero attached hydrogens (tertiary/aromatic N) is 1. The Kier molecular flexibility index (Phi) is 6.23.